The number of nitrogens with one attached hydrogen (secondary N) is 2. The summed E-state index contributed by atoms with van der Waals surface area (Å²) in [5.41, 5.74) is 0.613. The molecule has 3 N–H and O–H groups in total. The Morgan fingerprint density at radius 2 is 2.26 bits per heavy atom. The molecule has 1 aliphatic rings. The molecule has 1 amide bonds. The summed E-state index contributed by atoms with van der Waals surface area (Å²) >= 11 is 0. The molecule has 1 aromatic carbocycles. The molecule has 1 unspecified atom stereocenters. The van der Waals surface area contributed by atoms with Crippen LogP contribution in [0.2, 0.25) is 0 Å². The van der Waals surface area contributed by atoms with Gasteiger partial charge in [0, 0.05) is 18.3 Å². The Morgan fingerprint density at radius 1 is 1.47 bits per heavy atom. The average Bonchev–Trinajstić information content (AvgIpc) is 2.92. The van der Waals surface area contributed by atoms with Gasteiger partial charge in [0.2, 0.25) is 5.91 Å². The number of carboxylic acids is 1. The van der Waals surface area contributed by atoms with E-state index in [1.54, 1.807) is 6.07 Å². The first-order chi connectivity index (χ1) is 9.11. The Morgan fingerprint density at radius 3 is 2.84 bits per heavy atom. The Balaban J connectivity index is 2.12. The zero-order chi connectivity index (χ0) is 13.8. The fourth-order valence-electron chi connectivity index (χ4n) is 2.07. The van der Waals surface area contributed by atoms with Crippen molar-refractivity contribution in [3.63, 3.8) is 0 Å². The molecule has 0 aliphatic carbocycles. The van der Waals surface area contributed by atoms with Crippen LogP contribution in [0.25, 0.3) is 0 Å². The second-order valence-electron chi connectivity index (χ2n) is 4.40. The number of ether oxygens (including phenoxy) is 1. The van der Waals surface area contributed by atoms with Crippen LogP contribution in [-0.2, 0) is 4.79 Å². The molecule has 102 valence electrons. The van der Waals surface area contributed by atoms with E-state index in [1.807, 2.05) is 0 Å². The van der Waals surface area contributed by atoms with Gasteiger partial charge in [0.15, 0.2) is 0 Å². The minimum absolute atomic E-state index is 0.0369. The van der Waals surface area contributed by atoms with Gasteiger partial charge in [0.05, 0.1) is 13.0 Å². The van der Waals surface area contributed by atoms with Crippen molar-refractivity contribution >= 4 is 17.6 Å². The summed E-state index contributed by atoms with van der Waals surface area (Å²) in [7, 11) is 1.40. The van der Waals surface area contributed by atoms with E-state index in [2.05, 4.69) is 10.6 Å². The molecule has 0 aromatic heterocycles. The summed E-state index contributed by atoms with van der Waals surface area (Å²) < 4.78 is 5.01. The van der Waals surface area contributed by atoms with Crippen LogP contribution in [0.5, 0.6) is 5.75 Å². The van der Waals surface area contributed by atoms with Gasteiger partial charge in [-0.3, -0.25) is 4.79 Å². The number of carboxylic acid groups (broad SMARTS) is 1. The number of methoxy groups -OCH3 is 1. The Hall–Kier alpha value is -2.08. The van der Waals surface area contributed by atoms with Crippen LogP contribution in [-0.4, -0.2) is 37.2 Å². The molecule has 0 bridgehead atoms. The number of rotatable bonds is 4. The van der Waals surface area contributed by atoms with Gasteiger partial charge in [0.1, 0.15) is 11.3 Å². The highest BCUT2D eigenvalue weighted by Crippen LogP contribution is 2.24. The third kappa shape index (κ3) is 3.03. The van der Waals surface area contributed by atoms with Crippen LogP contribution in [0.4, 0.5) is 5.69 Å². The molecule has 6 heteroatoms. The number of hydrogen-bond acceptors (Lipinski definition) is 4. The van der Waals surface area contributed by atoms with Crippen molar-refractivity contribution in [2.45, 2.75) is 6.42 Å². The van der Waals surface area contributed by atoms with Crippen LogP contribution >= 0.6 is 0 Å². The lowest BCUT2D eigenvalue weighted by molar-refractivity contribution is -0.119. The van der Waals surface area contributed by atoms with Gasteiger partial charge < -0.3 is 20.5 Å². The number of carbonyl (C=O) groups excluding carboxylic acids is 1. The predicted molar refractivity (Wildman–Crippen MR) is 69.6 cm³/mol. The summed E-state index contributed by atoms with van der Waals surface area (Å²) in [6.07, 6.45) is 0.816. The van der Waals surface area contributed by atoms with E-state index in [4.69, 9.17) is 9.84 Å². The minimum Gasteiger partial charge on any atom is -0.496 e. The summed E-state index contributed by atoms with van der Waals surface area (Å²) in [5.74, 6) is -0.926. The van der Waals surface area contributed by atoms with Crippen molar-refractivity contribution in [1.29, 1.82) is 0 Å². The molecule has 1 aromatic rings. The predicted octanol–water partition coefficient (Wildman–Crippen LogP) is 0.941. The molecule has 2 rings (SSSR count). The first-order valence-electron chi connectivity index (χ1n) is 6.04. The smallest absolute Gasteiger partial charge is 0.339 e. The maximum absolute atomic E-state index is 11.9. The Labute approximate surface area is 110 Å². The highest BCUT2D eigenvalue weighted by molar-refractivity contribution is 5.95. The Bertz CT molecular complexity index is 495. The standard InChI is InChI=1S/C13H16N2O4/c1-19-11-6-9(2-3-10(11)13(17)18)15-12(16)8-4-5-14-7-8/h2-3,6,8,14H,4-5,7H2,1H3,(H,15,16)(H,17,18). The fourth-order valence-corrected chi connectivity index (χ4v) is 2.07. The molecule has 0 saturated carbocycles. The van der Waals surface area contributed by atoms with Gasteiger partial charge in [-0.1, -0.05) is 0 Å². The maximum Gasteiger partial charge on any atom is 0.339 e. The summed E-state index contributed by atoms with van der Waals surface area (Å²) in [6, 6.07) is 4.50. The molecule has 1 heterocycles. The number of amides is 1. The molecule has 1 saturated heterocycles. The first-order valence-corrected chi connectivity index (χ1v) is 6.04. The molecular formula is C13H16N2O4. The van der Waals surface area contributed by atoms with E-state index in [-0.39, 0.29) is 23.1 Å². The third-order valence-electron chi connectivity index (χ3n) is 3.13. The van der Waals surface area contributed by atoms with E-state index >= 15 is 0 Å². The number of carbonyl (C=O) groups is 2. The third-order valence-corrected chi connectivity index (χ3v) is 3.13. The zero-order valence-electron chi connectivity index (χ0n) is 10.6. The molecule has 0 radical (unpaired) electrons. The number of anilines is 1. The second kappa shape index (κ2) is 5.71. The normalized spacial score (nSPS) is 18.1. The highest BCUT2D eigenvalue weighted by atomic mass is 16.5. The van der Waals surface area contributed by atoms with Crippen molar-refractivity contribution in [1.82, 2.24) is 5.32 Å². The quantitative estimate of drug-likeness (QED) is 0.753. The van der Waals surface area contributed by atoms with Crippen molar-refractivity contribution in [2.24, 2.45) is 5.92 Å². The van der Waals surface area contributed by atoms with Gasteiger partial charge in [-0.2, -0.15) is 0 Å². The zero-order valence-corrected chi connectivity index (χ0v) is 10.6. The topological polar surface area (TPSA) is 87.7 Å². The van der Waals surface area contributed by atoms with E-state index in [9.17, 15) is 9.59 Å². The van der Waals surface area contributed by atoms with Crippen LogP contribution in [0.1, 0.15) is 16.8 Å². The van der Waals surface area contributed by atoms with E-state index in [0.717, 1.165) is 13.0 Å². The lowest BCUT2D eigenvalue weighted by Crippen LogP contribution is -2.24. The van der Waals surface area contributed by atoms with Crippen LogP contribution in [0.15, 0.2) is 18.2 Å². The Kier molecular flexibility index (Phi) is 4.01. The molecule has 19 heavy (non-hydrogen) atoms. The molecule has 1 atom stereocenters. The van der Waals surface area contributed by atoms with E-state index < -0.39 is 5.97 Å². The molecular weight excluding hydrogens is 248 g/mol. The second-order valence-corrected chi connectivity index (χ2v) is 4.40. The summed E-state index contributed by atoms with van der Waals surface area (Å²) in [4.78, 5) is 22.9. The largest absolute Gasteiger partial charge is 0.496 e. The SMILES string of the molecule is COc1cc(NC(=O)C2CCNC2)ccc1C(=O)O. The lowest BCUT2D eigenvalue weighted by atomic mass is 10.1. The lowest BCUT2D eigenvalue weighted by Gasteiger charge is -2.12. The van der Waals surface area contributed by atoms with Crippen LogP contribution in [0, 0.1) is 5.92 Å². The molecule has 0 spiro atoms. The van der Waals surface area contributed by atoms with Crippen molar-refractivity contribution in [3.8, 4) is 5.75 Å². The molecule has 6 nitrogen and oxygen atoms in total. The molecule has 1 aliphatic heterocycles. The number of hydrogen-bond donors (Lipinski definition) is 3. The van der Waals surface area contributed by atoms with Crippen molar-refractivity contribution in [3.05, 3.63) is 23.8 Å². The average molecular weight is 264 g/mol. The number of aromatic carboxylic acids is 1. The van der Waals surface area contributed by atoms with Gasteiger partial charge in [-0.05, 0) is 25.1 Å². The van der Waals surface area contributed by atoms with E-state index in [0.29, 0.717) is 12.2 Å². The number of benzene rings is 1. The van der Waals surface area contributed by atoms with Crippen molar-refractivity contribution < 1.29 is 19.4 Å². The maximum atomic E-state index is 11.9. The summed E-state index contributed by atoms with van der Waals surface area (Å²) in [6.45, 7) is 1.52. The van der Waals surface area contributed by atoms with Gasteiger partial charge in [-0.15, -0.1) is 0 Å². The van der Waals surface area contributed by atoms with E-state index in [1.165, 1.54) is 19.2 Å². The van der Waals surface area contributed by atoms with Gasteiger partial charge >= 0.3 is 5.97 Å². The molecule has 1 fully saturated rings. The van der Waals surface area contributed by atoms with Crippen molar-refractivity contribution in [2.75, 3.05) is 25.5 Å². The van der Waals surface area contributed by atoms with Crippen LogP contribution < -0.4 is 15.4 Å². The fraction of sp³-hybridized carbons (Fsp3) is 0.385. The minimum atomic E-state index is -1.06. The summed E-state index contributed by atoms with van der Waals surface area (Å²) in [5, 5.41) is 14.9. The van der Waals surface area contributed by atoms with Gasteiger partial charge in [0.25, 0.3) is 0 Å². The first kappa shape index (κ1) is 13.4. The monoisotopic (exact) mass is 264 g/mol. The van der Waals surface area contributed by atoms with Crippen LogP contribution in [0.3, 0.4) is 0 Å². The van der Waals surface area contributed by atoms with Gasteiger partial charge in [-0.25, -0.2) is 4.79 Å². The highest BCUT2D eigenvalue weighted by Gasteiger charge is 2.22.